The molecule has 9 nitrogen and oxygen atoms in total. The molecule has 1 aromatic heterocycles. The fraction of sp³-hybridized carbons (Fsp3) is 0.250. The molecule has 10 heteroatoms. The molecule has 0 radical (unpaired) electrons. The Kier molecular flexibility index (Phi) is 6.45. The minimum Gasteiger partial charge on any atom is -0.493 e. The number of fused-ring (bicyclic) bond motifs is 1. The highest BCUT2D eigenvalue weighted by Crippen LogP contribution is 2.37. The van der Waals surface area contributed by atoms with Crippen LogP contribution in [0.1, 0.15) is 11.1 Å². The van der Waals surface area contributed by atoms with Crippen LogP contribution in [0.25, 0.3) is 17.0 Å². The third kappa shape index (κ3) is 4.41. The van der Waals surface area contributed by atoms with Gasteiger partial charge in [-0.05, 0) is 29.8 Å². The molecule has 1 aliphatic heterocycles. The van der Waals surface area contributed by atoms with Gasteiger partial charge in [-0.15, -0.1) is 0 Å². The number of carbonyl (C=O) groups is 1. The van der Waals surface area contributed by atoms with Gasteiger partial charge in [0.2, 0.25) is 11.9 Å². The van der Waals surface area contributed by atoms with Gasteiger partial charge in [0.15, 0.2) is 17.3 Å². The van der Waals surface area contributed by atoms with Crippen LogP contribution in [0.2, 0.25) is 0 Å². The normalized spacial score (nSPS) is 13.8. The molecular formula is C24H23FN6O3. The van der Waals surface area contributed by atoms with Gasteiger partial charge in [0.1, 0.15) is 11.3 Å². The third-order valence-electron chi connectivity index (χ3n) is 5.63. The van der Waals surface area contributed by atoms with Gasteiger partial charge in [-0.1, -0.05) is 12.1 Å². The summed E-state index contributed by atoms with van der Waals surface area (Å²) < 4.78 is 25.3. The summed E-state index contributed by atoms with van der Waals surface area (Å²) in [5, 5.41) is 9.20. The van der Waals surface area contributed by atoms with Crippen LogP contribution in [0, 0.1) is 17.1 Å². The molecule has 2 heterocycles. The summed E-state index contributed by atoms with van der Waals surface area (Å²) in [5.74, 6) is -0.222. The molecule has 0 spiro atoms. The molecule has 1 saturated heterocycles. The van der Waals surface area contributed by atoms with Crippen molar-refractivity contribution >= 4 is 34.7 Å². The quantitative estimate of drug-likeness (QED) is 0.575. The molecule has 0 unspecified atom stereocenters. The summed E-state index contributed by atoms with van der Waals surface area (Å²) >= 11 is 0. The van der Waals surface area contributed by atoms with Gasteiger partial charge in [-0.25, -0.2) is 9.37 Å². The van der Waals surface area contributed by atoms with Crippen molar-refractivity contribution in [2.75, 3.05) is 51.0 Å². The van der Waals surface area contributed by atoms with Crippen LogP contribution in [-0.4, -0.2) is 61.2 Å². The van der Waals surface area contributed by atoms with E-state index in [4.69, 9.17) is 20.5 Å². The zero-order chi connectivity index (χ0) is 24.2. The molecule has 1 fully saturated rings. The second-order valence-corrected chi connectivity index (χ2v) is 7.61. The van der Waals surface area contributed by atoms with Gasteiger partial charge >= 0.3 is 0 Å². The van der Waals surface area contributed by atoms with Crippen molar-refractivity contribution in [1.29, 1.82) is 5.26 Å². The van der Waals surface area contributed by atoms with Crippen LogP contribution in [0.4, 0.5) is 16.2 Å². The highest BCUT2D eigenvalue weighted by molar-refractivity contribution is 5.93. The highest BCUT2D eigenvalue weighted by atomic mass is 19.1. The SMILES string of the molecule is COc1cc2c(N)nc(N3CCN(C(=O)/C=C/c4ccc(C#N)cc4)CC3)nc2c(F)c1OC. The number of hydrogen-bond donors (Lipinski definition) is 1. The molecular weight excluding hydrogens is 439 g/mol. The predicted molar refractivity (Wildman–Crippen MR) is 126 cm³/mol. The van der Waals surface area contributed by atoms with E-state index in [-0.39, 0.29) is 34.7 Å². The van der Waals surface area contributed by atoms with Gasteiger partial charge in [0.05, 0.1) is 25.9 Å². The number of methoxy groups -OCH3 is 2. The molecule has 1 amide bonds. The summed E-state index contributed by atoms with van der Waals surface area (Å²) in [6.45, 7) is 1.84. The van der Waals surface area contributed by atoms with E-state index in [0.29, 0.717) is 37.1 Å². The predicted octanol–water partition coefficient (Wildman–Crippen LogP) is 2.60. The average Bonchev–Trinajstić information content (AvgIpc) is 2.87. The Bertz CT molecular complexity index is 1300. The number of carbonyl (C=O) groups excluding carboxylic acids is 1. The minimum absolute atomic E-state index is 0.0454. The molecule has 1 aliphatic rings. The van der Waals surface area contributed by atoms with Crippen LogP contribution in [-0.2, 0) is 4.79 Å². The first-order valence-electron chi connectivity index (χ1n) is 10.5. The van der Waals surface area contributed by atoms with Crippen LogP contribution >= 0.6 is 0 Å². The number of benzene rings is 2. The standard InChI is InChI=1S/C24H23FN6O3/c1-33-18-13-17-21(20(25)22(18)34-2)28-24(29-23(17)27)31-11-9-30(10-12-31)19(32)8-7-15-3-5-16(14-26)6-4-15/h3-8,13H,9-12H2,1-2H3,(H2,27,28,29)/b8-7+. The van der Waals surface area contributed by atoms with Crippen LogP contribution < -0.4 is 20.1 Å². The van der Waals surface area contributed by atoms with Gasteiger partial charge in [0, 0.05) is 37.6 Å². The second kappa shape index (κ2) is 9.62. The molecule has 2 N–H and O–H groups in total. The van der Waals surface area contributed by atoms with Gasteiger partial charge < -0.3 is 25.0 Å². The largest absolute Gasteiger partial charge is 0.493 e. The van der Waals surface area contributed by atoms with Crippen molar-refractivity contribution in [1.82, 2.24) is 14.9 Å². The Morgan fingerprint density at radius 1 is 1.15 bits per heavy atom. The zero-order valence-electron chi connectivity index (χ0n) is 18.8. The van der Waals surface area contributed by atoms with Crippen LogP contribution in [0.3, 0.4) is 0 Å². The molecule has 0 saturated carbocycles. The second-order valence-electron chi connectivity index (χ2n) is 7.61. The van der Waals surface area contributed by atoms with Crippen molar-refractivity contribution in [3.63, 3.8) is 0 Å². The van der Waals surface area contributed by atoms with Crippen LogP contribution in [0.15, 0.2) is 36.4 Å². The van der Waals surface area contributed by atoms with E-state index in [0.717, 1.165) is 5.56 Å². The lowest BCUT2D eigenvalue weighted by Gasteiger charge is -2.34. The summed E-state index contributed by atoms with van der Waals surface area (Å²) in [5.41, 5.74) is 7.55. The molecule has 0 atom stereocenters. The van der Waals surface area contributed by atoms with E-state index in [1.807, 2.05) is 4.90 Å². The first-order chi connectivity index (χ1) is 16.4. The Morgan fingerprint density at radius 3 is 2.47 bits per heavy atom. The molecule has 3 aromatic rings. The first kappa shape index (κ1) is 22.8. The maximum atomic E-state index is 15.0. The summed E-state index contributed by atoms with van der Waals surface area (Å²) in [7, 11) is 2.76. The number of piperazine rings is 1. The lowest BCUT2D eigenvalue weighted by molar-refractivity contribution is -0.126. The topological polar surface area (TPSA) is 118 Å². The van der Waals surface area contributed by atoms with Crippen molar-refractivity contribution in [3.8, 4) is 17.6 Å². The lowest BCUT2D eigenvalue weighted by Crippen LogP contribution is -2.48. The van der Waals surface area contributed by atoms with E-state index in [2.05, 4.69) is 16.0 Å². The van der Waals surface area contributed by atoms with E-state index in [1.165, 1.54) is 20.3 Å². The summed E-state index contributed by atoms with van der Waals surface area (Å²) in [4.78, 5) is 24.9. The Balaban J connectivity index is 1.47. The maximum absolute atomic E-state index is 15.0. The summed E-state index contributed by atoms with van der Waals surface area (Å²) in [6.07, 6.45) is 3.23. The number of anilines is 2. The van der Waals surface area contributed by atoms with Crippen molar-refractivity contribution in [3.05, 3.63) is 53.4 Å². The van der Waals surface area contributed by atoms with E-state index in [1.54, 1.807) is 41.3 Å². The molecule has 34 heavy (non-hydrogen) atoms. The molecule has 174 valence electrons. The Morgan fingerprint density at radius 2 is 1.85 bits per heavy atom. The lowest BCUT2D eigenvalue weighted by atomic mass is 10.1. The molecule has 2 aromatic carbocycles. The zero-order valence-corrected chi connectivity index (χ0v) is 18.8. The maximum Gasteiger partial charge on any atom is 0.246 e. The fourth-order valence-corrected chi connectivity index (χ4v) is 3.75. The van der Waals surface area contributed by atoms with Gasteiger partial charge in [0.25, 0.3) is 0 Å². The first-order valence-corrected chi connectivity index (χ1v) is 10.5. The van der Waals surface area contributed by atoms with E-state index >= 15 is 4.39 Å². The number of aromatic nitrogens is 2. The van der Waals surface area contributed by atoms with Crippen LogP contribution in [0.5, 0.6) is 11.5 Å². The summed E-state index contributed by atoms with van der Waals surface area (Å²) in [6, 6.07) is 10.6. The van der Waals surface area contributed by atoms with Crippen molar-refractivity contribution in [2.24, 2.45) is 0 Å². The number of ether oxygens (including phenoxy) is 2. The number of nitrogens with zero attached hydrogens (tertiary/aromatic N) is 5. The number of nitriles is 1. The minimum atomic E-state index is -0.672. The number of halogens is 1. The smallest absolute Gasteiger partial charge is 0.246 e. The number of rotatable bonds is 5. The Hall–Kier alpha value is -4.39. The van der Waals surface area contributed by atoms with Crippen molar-refractivity contribution in [2.45, 2.75) is 0 Å². The molecule has 0 bridgehead atoms. The Labute approximate surface area is 195 Å². The monoisotopic (exact) mass is 462 g/mol. The average molecular weight is 462 g/mol. The van der Waals surface area contributed by atoms with E-state index in [9.17, 15) is 4.79 Å². The van der Waals surface area contributed by atoms with Gasteiger partial charge in [-0.3, -0.25) is 4.79 Å². The highest BCUT2D eigenvalue weighted by Gasteiger charge is 2.24. The number of nitrogens with two attached hydrogens (primary N) is 1. The van der Waals surface area contributed by atoms with E-state index < -0.39 is 5.82 Å². The third-order valence-corrected chi connectivity index (χ3v) is 5.63. The number of hydrogen-bond acceptors (Lipinski definition) is 8. The fourth-order valence-electron chi connectivity index (χ4n) is 3.75. The molecule has 4 rings (SSSR count). The molecule has 0 aliphatic carbocycles. The number of amides is 1. The number of nitrogen functional groups attached to an aromatic ring is 1. The van der Waals surface area contributed by atoms with Gasteiger partial charge in [-0.2, -0.15) is 10.2 Å². The van der Waals surface area contributed by atoms with Crippen molar-refractivity contribution < 1.29 is 18.7 Å².